The van der Waals surface area contributed by atoms with Gasteiger partial charge in [-0.05, 0) is 5.56 Å². The van der Waals surface area contributed by atoms with Crippen LogP contribution >= 0.6 is 11.8 Å². The summed E-state index contributed by atoms with van der Waals surface area (Å²) >= 11 is 0.792. The molecule has 5 atom stereocenters. The summed E-state index contributed by atoms with van der Waals surface area (Å²) in [7, 11) is -4.58. The first-order valence-corrected chi connectivity index (χ1v) is 9.85. The number of hydrogen-bond acceptors (Lipinski definition) is 9. The molecule has 12 heteroatoms. The molecule has 10 nitrogen and oxygen atoms in total. The highest BCUT2D eigenvalue weighted by molar-refractivity contribution is 8.14. The van der Waals surface area contributed by atoms with E-state index in [1.54, 1.807) is 35.2 Å². The van der Waals surface area contributed by atoms with Gasteiger partial charge in [0, 0.05) is 6.42 Å². The van der Waals surface area contributed by atoms with Crippen molar-refractivity contribution >= 4 is 27.1 Å². The predicted molar refractivity (Wildman–Crippen MR) is 93.6 cm³/mol. The number of aliphatic hydroxyl groups is 4. The SMILES string of the molecule is O=S(=O)(O)N/N=C(\Cc1ccccc1)S[C@@H]1O[C@H](CO)[C@@H](O)[C@H](O)[C@H]1O. The maximum absolute atomic E-state index is 10.9. The van der Waals surface area contributed by atoms with Gasteiger partial charge in [0.05, 0.1) is 6.61 Å². The van der Waals surface area contributed by atoms with Gasteiger partial charge in [0.1, 0.15) is 34.9 Å². The Morgan fingerprint density at radius 2 is 1.81 bits per heavy atom. The molecule has 146 valence electrons. The number of hydrazone groups is 1. The lowest BCUT2D eigenvalue weighted by atomic mass is 10.0. The van der Waals surface area contributed by atoms with Crippen LogP contribution in [0.4, 0.5) is 0 Å². The third kappa shape index (κ3) is 5.89. The van der Waals surface area contributed by atoms with Gasteiger partial charge in [-0.1, -0.05) is 42.1 Å². The molecule has 0 aliphatic carbocycles. The minimum absolute atomic E-state index is 0.123. The van der Waals surface area contributed by atoms with Crippen LogP contribution in [0.5, 0.6) is 0 Å². The van der Waals surface area contributed by atoms with Crippen molar-refractivity contribution in [1.82, 2.24) is 4.83 Å². The largest absolute Gasteiger partial charge is 0.394 e. The Balaban J connectivity index is 2.19. The fourth-order valence-corrected chi connectivity index (χ4v) is 3.68. The third-order valence-corrected chi connectivity index (χ3v) is 5.04. The first-order valence-electron chi connectivity index (χ1n) is 7.53. The van der Waals surface area contributed by atoms with Crippen molar-refractivity contribution in [3.63, 3.8) is 0 Å². The number of ether oxygens (including phenoxy) is 1. The number of aliphatic hydroxyl groups excluding tert-OH is 4. The maximum atomic E-state index is 10.9. The van der Waals surface area contributed by atoms with Gasteiger partial charge in [-0.15, -0.1) is 0 Å². The first kappa shape index (κ1) is 21.1. The van der Waals surface area contributed by atoms with Crippen LogP contribution in [0.3, 0.4) is 0 Å². The molecule has 0 radical (unpaired) electrons. The summed E-state index contributed by atoms with van der Waals surface area (Å²) in [4.78, 5) is 1.59. The first-order chi connectivity index (χ1) is 12.2. The standard InChI is InChI=1S/C14H20N2O8S2/c17-7-9-11(18)12(19)13(20)14(24-9)25-10(15-16-26(21,22)23)6-8-4-2-1-3-5-8/h1-5,9,11-14,16-20H,6-7H2,(H,21,22,23)/b15-10+/t9-,11-,12+,13-,14+/m1/s1. The number of hydrogen-bond donors (Lipinski definition) is 6. The van der Waals surface area contributed by atoms with Gasteiger partial charge < -0.3 is 25.2 Å². The molecule has 1 aliphatic heterocycles. The van der Waals surface area contributed by atoms with Crippen LogP contribution in [-0.2, 0) is 21.5 Å². The molecule has 0 unspecified atom stereocenters. The van der Waals surface area contributed by atoms with E-state index in [0.717, 1.165) is 17.3 Å². The van der Waals surface area contributed by atoms with Crippen molar-refractivity contribution in [1.29, 1.82) is 0 Å². The van der Waals surface area contributed by atoms with E-state index >= 15 is 0 Å². The fourth-order valence-electron chi connectivity index (χ4n) is 2.29. The Morgan fingerprint density at radius 1 is 1.15 bits per heavy atom. The number of nitrogens with zero attached hydrogens (tertiary/aromatic N) is 1. The van der Waals surface area contributed by atoms with Gasteiger partial charge in [0.2, 0.25) is 0 Å². The van der Waals surface area contributed by atoms with Crippen LogP contribution in [0.1, 0.15) is 5.56 Å². The molecule has 0 aromatic heterocycles. The molecular weight excluding hydrogens is 388 g/mol. The molecule has 26 heavy (non-hydrogen) atoms. The Hall–Kier alpha value is -1.25. The second kappa shape index (κ2) is 9.10. The summed E-state index contributed by atoms with van der Waals surface area (Å²) in [5.41, 5.74) is -0.364. The molecule has 2 rings (SSSR count). The zero-order valence-corrected chi connectivity index (χ0v) is 15.0. The van der Waals surface area contributed by atoms with Crippen LogP contribution in [0.15, 0.2) is 35.4 Å². The van der Waals surface area contributed by atoms with Crippen LogP contribution in [0, 0.1) is 0 Å². The second-order valence-corrected chi connectivity index (χ2v) is 7.85. The summed E-state index contributed by atoms with van der Waals surface area (Å²) in [6, 6.07) is 8.85. The van der Waals surface area contributed by atoms with Crippen molar-refractivity contribution in [2.75, 3.05) is 6.61 Å². The van der Waals surface area contributed by atoms with E-state index in [-0.39, 0.29) is 11.5 Å². The molecule has 1 aliphatic rings. The zero-order chi connectivity index (χ0) is 19.3. The highest BCUT2D eigenvalue weighted by Gasteiger charge is 2.44. The monoisotopic (exact) mass is 408 g/mol. The van der Waals surface area contributed by atoms with E-state index < -0.39 is 46.8 Å². The third-order valence-electron chi connectivity index (χ3n) is 3.58. The Bertz CT molecular complexity index is 713. The quantitative estimate of drug-likeness (QED) is 0.141. The fraction of sp³-hybridized carbons (Fsp3) is 0.500. The van der Waals surface area contributed by atoms with Gasteiger partial charge in [-0.3, -0.25) is 4.55 Å². The van der Waals surface area contributed by atoms with E-state index in [9.17, 15) is 28.8 Å². The van der Waals surface area contributed by atoms with Crippen LogP contribution in [0.25, 0.3) is 0 Å². The molecule has 0 spiro atoms. The van der Waals surface area contributed by atoms with Gasteiger partial charge >= 0.3 is 10.3 Å². The lowest BCUT2D eigenvalue weighted by molar-refractivity contribution is -0.205. The van der Waals surface area contributed by atoms with Gasteiger partial charge in [0.15, 0.2) is 0 Å². The minimum atomic E-state index is -4.58. The van der Waals surface area contributed by atoms with E-state index in [4.69, 9.17) is 9.29 Å². The summed E-state index contributed by atoms with van der Waals surface area (Å²) in [5, 5.41) is 42.7. The molecular formula is C14H20N2O8S2. The van der Waals surface area contributed by atoms with Crippen LogP contribution in [-0.4, -0.2) is 74.9 Å². The Morgan fingerprint density at radius 3 is 2.38 bits per heavy atom. The molecule has 0 saturated carbocycles. The van der Waals surface area contributed by atoms with Crippen molar-refractivity contribution in [3.8, 4) is 0 Å². The zero-order valence-electron chi connectivity index (χ0n) is 13.4. The highest BCUT2D eigenvalue weighted by atomic mass is 32.2. The molecule has 1 fully saturated rings. The minimum Gasteiger partial charge on any atom is -0.394 e. The Labute approximate surface area is 154 Å². The average molecular weight is 408 g/mol. The summed E-state index contributed by atoms with van der Waals surface area (Å²) in [6.07, 6.45) is -5.53. The van der Waals surface area contributed by atoms with Crippen molar-refractivity contribution in [2.24, 2.45) is 5.10 Å². The molecule has 0 amide bonds. The van der Waals surface area contributed by atoms with Gasteiger partial charge in [-0.25, -0.2) is 0 Å². The number of rotatable bonds is 6. The van der Waals surface area contributed by atoms with Gasteiger partial charge in [0.25, 0.3) is 0 Å². The van der Waals surface area contributed by atoms with Crippen molar-refractivity contribution in [2.45, 2.75) is 36.3 Å². The average Bonchev–Trinajstić information content (AvgIpc) is 2.60. The molecule has 1 heterocycles. The van der Waals surface area contributed by atoms with Crippen LogP contribution in [0.2, 0.25) is 0 Å². The molecule has 1 saturated heterocycles. The lowest BCUT2D eigenvalue weighted by Crippen LogP contribution is -2.57. The molecule has 1 aromatic rings. The maximum Gasteiger partial charge on any atom is 0.372 e. The van der Waals surface area contributed by atoms with E-state index in [2.05, 4.69) is 5.10 Å². The lowest BCUT2D eigenvalue weighted by Gasteiger charge is -2.39. The van der Waals surface area contributed by atoms with E-state index in [1.165, 1.54) is 0 Å². The summed E-state index contributed by atoms with van der Waals surface area (Å²) < 4.78 is 35.9. The van der Waals surface area contributed by atoms with Crippen molar-refractivity contribution < 1.29 is 38.1 Å². The molecule has 0 bridgehead atoms. The number of benzene rings is 1. The van der Waals surface area contributed by atoms with Gasteiger partial charge in [-0.2, -0.15) is 18.4 Å². The summed E-state index contributed by atoms with van der Waals surface area (Å²) in [5.74, 6) is 0. The summed E-state index contributed by atoms with van der Waals surface area (Å²) in [6.45, 7) is -0.587. The smallest absolute Gasteiger partial charge is 0.372 e. The topological polar surface area (TPSA) is 169 Å². The van der Waals surface area contributed by atoms with E-state index in [1.807, 2.05) is 0 Å². The van der Waals surface area contributed by atoms with Crippen molar-refractivity contribution in [3.05, 3.63) is 35.9 Å². The normalized spacial score (nSPS) is 30.2. The number of thioether (sulfide) groups is 1. The Kier molecular flexibility index (Phi) is 7.37. The molecule has 6 N–H and O–H groups in total. The number of nitrogens with one attached hydrogen (secondary N) is 1. The van der Waals surface area contributed by atoms with E-state index in [0.29, 0.717) is 0 Å². The molecule has 1 aromatic carbocycles. The highest BCUT2D eigenvalue weighted by Crippen LogP contribution is 2.30. The van der Waals surface area contributed by atoms with Crippen LogP contribution < -0.4 is 4.83 Å². The predicted octanol–water partition coefficient (Wildman–Crippen LogP) is -1.53. The second-order valence-electron chi connectivity index (χ2n) is 5.55.